The number of rotatable bonds is 6. The van der Waals surface area contributed by atoms with Crippen LogP contribution in [0.3, 0.4) is 0 Å². The molecule has 1 heterocycles. The molecule has 3 heteroatoms. The van der Waals surface area contributed by atoms with E-state index in [1.165, 1.54) is 18.4 Å². The molecule has 2 rings (SSSR count). The second-order valence-electron chi connectivity index (χ2n) is 5.16. The second-order valence-corrected chi connectivity index (χ2v) is 5.16. The van der Waals surface area contributed by atoms with Gasteiger partial charge in [0, 0.05) is 6.04 Å². The summed E-state index contributed by atoms with van der Waals surface area (Å²) in [4.78, 5) is 0. The van der Waals surface area contributed by atoms with Gasteiger partial charge in [0.25, 0.3) is 0 Å². The van der Waals surface area contributed by atoms with E-state index in [1.54, 1.807) is 0 Å². The minimum Gasteiger partial charge on any atom is -0.394 e. The molecule has 1 aromatic rings. The summed E-state index contributed by atoms with van der Waals surface area (Å²) in [5.74, 6) is 0.737. The maximum absolute atomic E-state index is 9.41. The zero-order valence-electron chi connectivity index (χ0n) is 11.4. The van der Waals surface area contributed by atoms with Crippen molar-refractivity contribution in [3.05, 3.63) is 42.0 Å². The molecule has 1 atom stereocenters. The first-order valence-corrected chi connectivity index (χ1v) is 7.16. The predicted molar refractivity (Wildman–Crippen MR) is 79.9 cm³/mol. The highest BCUT2D eigenvalue weighted by atomic mass is 16.3. The van der Waals surface area contributed by atoms with Crippen LogP contribution >= 0.6 is 0 Å². The molecular weight excluding hydrogens is 236 g/mol. The van der Waals surface area contributed by atoms with Gasteiger partial charge < -0.3 is 15.7 Å². The van der Waals surface area contributed by atoms with Crippen molar-refractivity contribution in [2.24, 2.45) is 5.92 Å². The number of aliphatic hydroxyl groups is 1. The Morgan fingerprint density at radius 1 is 1.26 bits per heavy atom. The van der Waals surface area contributed by atoms with Gasteiger partial charge >= 0.3 is 0 Å². The van der Waals surface area contributed by atoms with Gasteiger partial charge in [0.2, 0.25) is 0 Å². The van der Waals surface area contributed by atoms with E-state index in [4.69, 9.17) is 0 Å². The van der Waals surface area contributed by atoms with Crippen LogP contribution in [0, 0.1) is 5.92 Å². The maximum atomic E-state index is 9.41. The Labute approximate surface area is 115 Å². The molecule has 0 amide bonds. The van der Waals surface area contributed by atoms with E-state index in [9.17, 15) is 5.11 Å². The van der Waals surface area contributed by atoms with Crippen LogP contribution < -0.4 is 10.6 Å². The van der Waals surface area contributed by atoms with Crippen molar-refractivity contribution in [2.45, 2.75) is 18.9 Å². The van der Waals surface area contributed by atoms with E-state index < -0.39 is 0 Å². The number of hydrogen-bond acceptors (Lipinski definition) is 3. The summed E-state index contributed by atoms with van der Waals surface area (Å²) in [6.45, 7) is 3.38. The molecule has 1 saturated heterocycles. The smallest absolute Gasteiger partial charge is 0.0620 e. The Morgan fingerprint density at radius 2 is 2.00 bits per heavy atom. The van der Waals surface area contributed by atoms with Crippen LogP contribution in [0.5, 0.6) is 0 Å². The summed E-state index contributed by atoms with van der Waals surface area (Å²) in [6.07, 6.45) is 6.58. The first-order valence-electron chi connectivity index (χ1n) is 7.16. The average molecular weight is 260 g/mol. The molecule has 1 aromatic carbocycles. The van der Waals surface area contributed by atoms with Crippen LogP contribution in [-0.4, -0.2) is 37.4 Å². The zero-order chi connectivity index (χ0) is 13.3. The van der Waals surface area contributed by atoms with Gasteiger partial charge in [-0.2, -0.15) is 0 Å². The van der Waals surface area contributed by atoms with Gasteiger partial charge in [-0.1, -0.05) is 42.5 Å². The van der Waals surface area contributed by atoms with Gasteiger partial charge in [-0.3, -0.25) is 0 Å². The van der Waals surface area contributed by atoms with Crippen molar-refractivity contribution in [1.82, 2.24) is 10.6 Å². The highest BCUT2D eigenvalue weighted by Crippen LogP contribution is 2.10. The Balaban J connectivity index is 1.78. The molecule has 3 nitrogen and oxygen atoms in total. The zero-order valence-corrected chi connectivity index (χ0v) is 11.4. The molecule has 19 heavy (non-hydrogen) atoms. The third-order valence-electron chi connectivity index (χ3n) is 3.64. The Morgan fingerprint density at radius 3 is 2.68 bits per heavy atom. The van der Waals surface area contributed by atoms with Crippen molar-refractivity contribution in [3.63, 3.8) is 0 Å². The Hall–Kier alpha value is -1.16. The van der Waals surface area contributed by atoms with Crippen molar-refractivity contribution >= 4 is 6.08 Å². The lowest BCUT2D eigenvalue weighted by Crippen LogP contribution is -2.38. The third-order valence-corrected chi connectivity index (χ3v) is 3.64. The monoisotopic (exact) mass is 260 g/mol. The lowest BCUT2D eigenvalue weighted by atomic mass is 9.98. The molecule has 0 bridgehead atoms. The summed E-state index contributed by atoms with van der Waals surface area (Å²) < 4.78 is 0. The van der Waals surface area contributed by atoms with Gasteiger partial charge in [-0.25, -0.2) is 0 Å². The van der Waals surface area contributed by atoms with E-state index in [2.05, 4.69) is 34.9 Å². The van der Waals surface area contributed by atoms with Crippen molar-refractivity contribution in [3.8, 4) is 0 Å². The molecule has 0 aromatic heterocycles. The van der Waals surface area contributed by atoms with E-state index >= 15 is 0 Å². The highest BCUT2D eigenvalue weighted by Gasteiger charge is 2.13. The van der Waals surface area contributed by atoms with E-state index in [-0.39, 0.29) is 12.6 Å². The van der Waals surface area contributed by atoms with Crippen LogP contribution in [0.15, 0.2) is 36.4 Å². The summed E-state index contributed by atoms with van der Waals surface area (Å²) in [5, 5.41) is 16.2. The molecule has 0 aliphatic carbocycles. The van der Waals surface area contributed by atoms with Crippen LogP contribution in [0.25, 0.3) is 6.08 Å². The minimum atomic E-state index is 0.0510. The van der Waals surface area contributed by atoms with Gasteiger partial charge in [-0.05, 0) is 44.0 Å². The summed E-state index contributed by atoms with van der Waals surface area (Å²) in [7, 11) is 0. The van der Waals surface area contributed by atoms with E-state index in [0.717, 1.165) is 25.6 Å². The van der Waals surface area contributed by atoms with Gasteiger partial charge in [0.15, 0.2) is 0 Å². The summed E-state index contributed by atoms with van der Waals surface area (Å²) >= 11 is 0. The normalized spacial score (nSPS) is 18.8. The largest absolute Gasteiger partial charge is 0.394 e. The Bertz CT molecular complexity index is 372. The number of aliphatic hydroxyl groups excluding tert-OH is 1. The SMILES string of the molecule is OCC(/C=C/c1ccccc1)NCC1CCNCC1. The predicted octanol–water partition coefficient (Wildman–Crippen LogP) is 1.65. The highest BCUT2D eigenvalue weighted by molar-refractivity contribution is 5.49. The van der Waals surface area contributed by atoms with Crippen LogP contribution in [0.4, 0.5) is 0 Å². The summed E-state index contributed by atoms with van der Waals surface area (Å²) in [6, 6.07) is 10.2. The second kappa shape index (κ2) is 8.10. The van der Waals surface area contributed by atoms with Crippen LogP contribution in [-0.2, 0) is 0 Å². The lowest BCUT2D eigenvalue weighted by Gasteiger charge is -2.24. The third kappa shape index (κ3) is 5.15. The molecule has 1 aliphatic rings. The number of benzene rings is 1. The maximum Gasteiger partial charge on any atom is 0.0620 e. The fourth-order valence-corrected chi connectivity index (χ4v) is 2.39. The molecule has 1 fully saturated rings. The van der Waals surface area contributed by atoms with Crippen LogP contribution in [0.1, 0.15) is 18.4 Å². The topological polar surface area (TPSA) is 44.3 Å². The molecule has 1 unspecified atom stereocenters. The van der Waals surface area contributed by atoms with Crippen LogP contribution in [0.2, 0.25) is 0 Å². The average Bonchev–Trinajstić information content (AvgIpc) is 2.49. The fourth-order valence-electron chi connectivity index (χ4n) is 2.39. The van der Waals surface area contributed by atoms with E-state index in [0.29, 0.717) is 0 Å². The number of nitrogens with one attached hydrogen (secondary N) is 2. The number of piperidine rings is 1. The molecule has 104 valence electrons. The summed E-state index contributed by atoms with van der Waals surface area (Å²) in [5.41, 5.74) is 1.17. The van der Waals surface area contributed by atoms with Gasteiger partial charge in [0.1, 0.15) is 0 Å². The van der Waals surface area contributed by atoms with Crippen molar-refractivity contribution in [2.75, 3.05) is 26.2 Å². The van der Waals surface area contributed by atoms with E-state index in [1.807, 2.05) is 18.2 Å². The molecule has 0 radical (unpaired) electrons. The number of hydrogen-bond donors (Lipinski definition) is 3. The van der Waals surface area contributed by atoms with Gasteiger partial charge in [-0.15, -0.1) is 0 Å². The molecule has 0 spiro atoms. The molecule has 0 saturated carbocycles. The Kier molecular flexibility index (Phi) is 6.08. The van der Waals surface area contributed by atoms with Crippen molar-refractivity contribution in [1.29, 1.82) is 0 Å². The van der Waals surface area contributed by atoms with Crippen molar-refractivity contribution < 1.29 is 5.11 Å². The minimum absolute atomic E-state index is 0.0510. The molecular formula is C16H24N2O. The first kappa shape index (κ1) is 14.3. The fraction of sp³-hybridized carbons (Fsp3) is 0.500. The van der Waals surface area contributed by atoms with Gasteiger partial charge in [0.05, 0.1) is 6.61 Å². The standard InChI is InChI=1S/C16H24N2O/c19-13-16(7-6-14-4-2-1-3-5-14)18-12-15-8-10-17-11-9-15/h1-7,15-19H,8-13H2/b7-6+. The quantitative estimate of drug-likeness (QED) is 0.729. The molecule has 1 aliphatic heterocycles. The first-order chi connectivity index (χ1) is 9.38. The lowest BCUT2D eigenvalue weighted by molar-refractivity contribution is 0.253. The molecule has 3 N–H and O–H groups in total.